The normalized spacial score (nSPS) is 17.1. The minimum absolute atomic E-state index is 0.0249. The standard InChI is InChI=1S/C20H19N5OS/c1-12-4-5-14-16(9-12)22-19(21-14)18-3-2-7-25(18)20(26)17-10-15(23-24-17)13-6-8-27-11-13/h4-6,8-11,18H,2-3,7H2,1H3,(H,21,22)(H,23,24)/t18-/m0/s1. The number of likely N-dealkylation sites (tertiary alicyclic amines) is 1. The van der Waals surface area contributed by atoms with Gasteiger partial charge in [-0.1, -0.05) is 6.07 Å². The van der Waals surface area contributed by atoms with E-state index in [4.69, 9.17) is 4.98 Å². The second kappa shape index (κ2) is 6.35. The highest BCUT2D eigenvalue weighted by Gasteiger charge is 2.33. The minimum atomic E-state index is -0.0295. The zero-order valence-corrected chi connectivity index (χ0v) is 15.7. The molecule has 0 spiro atoms. The molecule has 1 amide bonds. The predicted molar refractivity (Wildman–Crippen MR) is 106 cm³/mol. The molecule has 6 nitrogen and oxygen atoms in total. The molecule has 4 aromatic rings. The molecule has 1 atom stereocenters. The van der Waals surface area contributed by atoms with Crippen LogP contribution in [0.4, 0.5) is 0 Å². The van der Waals surface area contributed by atoms with Gasteiger partial charge in [0.25, 0.3) is 5.91 Å². The lowest BCUT2D eigenvalue weighted by atomic mass is 10.2. The van der Waals surface area contributed by atoms with E-state index in [-0.39, 0.29) is 11.9 Å². The number of hydrogen-bond acceptors (Lipinski definition) is 4. The Hall–Kier alpha value is -2.93. The highest BCUT2D eigenvalue weighted by Crippen LogP contribution is 2.33. The van der Waals surface area contributed by atoms with Crippen LogP contribution in [0.5, 0.6) is 0 Å². The summed E-state index contributed by atoms with van der Waals surface area (Å²) >= 11 is 1.62. The summed E-state index contributed by atoms with van der Waals surface area (Å²) in [6.07, 6.45) is 1.88. The van der Waals surface area contributed by atoms with Crippen LogP contribution in [0.1, 0.15) is 40.8 Å². The monoisotopic (exact) mass is 377 g/mol. The first-order chi connectivity index (χ1) is 13.2. The van der Waals surface area contributed by atoms with Crippen molar-refractivity contribution in [3.8, 4) is 11.3 Å². The number of carbonyl (C=O) groups excluding carboxylic acids is 1. The van der Waals surface area contributed by atoms with Gasteiger partial charge in [-0.15, -0.1) is 0 Å². The van der Waals surface area contributed by atoms with Gasteiger partial charge in [-0.2, -0.15) is 16.4 Å². The summed E-state index contributed by atoms with van der Waals surface area (Å²) < 4.78 is 0. The lowest BCUT2D eigenvalue weighted by molar-refractivity contribution is 0.0724. The van der Waals surface area contributed by atoms with Crippen molar-refractivity contribution in [2.75, 3.05) is 6.54 Å². The molecule has 1 aliphatic rings. The van der Waals surface area contributed by atoms with Gasteiger partial charge in [-0.3, -0.25) is 9.89 Å². The van der Waals surface area contributed by atoms with E-state index >= 15 is 0 Å². The first-order valence-corrected chi connectivity index (χ1v) is 9.98. The number of aromatic amines is 2. The molecule has 5 rings (SSSR count). The van der Waals surface area contributed by atoms with Crippen LogP contribution in [0.3, 0.4) is 0 Å². The van der Waals surface area contributed by atoms with E-state index in [9.17, 15) is 4.79 Å². The molecular weight excluding hydrogens is 358 g/mol. The number of rotatable bonds is 3. The second-order valence-corrected chi connectivity index (χ2v) is 7.76. The third kappa shape index (κ3) is 2.84. The van der Waals surface area contributed by atoms with Gasteiger partial charge in [0.2, 0.25) is 0 Å². The van der Waals surface area contributed by atoms with Crippen molar-refractivity contribution in [3.05, 3.63) is 58.2 Å². The molecule has 0 radical (unpaired) electrons. The van der Waals surface area contributed by atoms with Crippen molar-refractivity contribution in [2.24, 2.45) is 0 Å². The number of H-pyrrole nitrogens is 2. The SMILES string of the molecule is Cc1ccc2nc([C@@H]3CCCN3C(=O)c3cc(-c4ccsc4)n[nH]3)[nH]c2c1. The van der Waals surface area contributed by atoms with E-state index in [2.05, 4.69) is 34.2 Å². The van der Waals surface area contributed by atoms with E-state index < -0.39 is 0 Å². The minimum Gasteiger partial charge on any atom is -0.340 e. The third-order valence-electron chi connectivity index (χ3n) is 5.11. The summed E-state index contributed by atoms with van der Waals surface area (Å²) in [7, 11) is 0. The number of nitrogens with zero attached hydrogens (tertiary/aromatic N) is 3. The van der Waals surface area contributed by atoms with Crippen molar-refractivity contribution in [3.63, 3.8) is 0 Å². The molecule has 1 aromatic carbocycles. The Morgan fingerprint density at radius 3 is 3.07 bits per heavy atom. The first kappa shape index (κ1) is 16.3. The second-order valence-electron chi connectivity index (χ2n) is 6.98. The molecule has 1 aliphatic heterocycles. The highest BCUT2D eigenvalue weighted by molar-refractivity contribution is 7.08. The number of benzene rings is 1. The van der Waals surface area contributed by atoms with Crippen LogP contribution >= 0.6 is 11.3 Å². The number of amides is 1. The van der Waals surface area contributed by atoms with Crippen LogP contribution < -0.4 is 0 Å². The van der Waals surface area contributed by atoms with Gasteiger partial charge in [0.1, 0.15) is 11.5 Å². The van der Waals surface area contributed by atoms with Crippen LogP contribution in [0.2, 0.25) is 0 Å². The van der Waals surface area contributed by atoms with Gasteiger partial charge in [-0.05, 0) is 55.0 Å². The van der Waals surface area contributed by atoms with E-state index in [0.717, 1.165) is 47.5 Å². The number of hydrogen-bond donors (Lipinski definition) is 2. The molecule has 1 fully saturated rings. The molecular formula is C20H19N5OS. The number of nitrogens with one attached hydrogen (secondary N) is 2. The van der Waals surface area contributed by atoms with Crippen molar-refractivity contribution in [1.82, 2.24) is 25.1 Å². The number of aromatic nitrogens is 4. The van der Waals surface area contributed by atoms with Crippen LogP contribution in [-0.2, 0) is 0 Å². The Morgan fingerprint density at radius 2 is 2.22 bits per heavy atom. The Kier molecular flexibility index (Phi) is 3.82. The molecule has 2 N–H and O–H groups in total. The molecule has 7 heteroatoms. The Balaban J connectivity index is 1.44. The number of carbonyl (C=O) groups is 1. The van der Waals surface area contributed by atoms with Crippen LogP contribution in [0, 0.1) is 6.92 Å². The summed E-state index contributed by atoms with van der Waals surface area (Å²) in [5.41, 5.74) is 5.50. The Labute approximate surface area is 160 Å². The maximum absolute atomic E-state index is 13.1. The molecule has 0 saturated carbocycles. The fraction of sp³-hybridized carbons (Fsp3) is 0.250. The Morgan fingerprint density at radius 1 is 1.30 bits per heavy atom. The quantitative estimate of drug-likeness (QED) is 0.559. The van der Waals surface area contributed by atoms with Gasteiger partial charge in [0, 0.05) is 17.5 Å². The van der Waals surface area contributed by atoms with E-state index in [1.165, 1.54) is 5.56 Å². The average molecular weight is 377 g/mol. The Bertz CT molecular complexity index is 1110. The predicted octanol–water partition coefficient (Wildman–Crippen LogP) is 4.30. The molecule has 136 valence electrons. The van der Waals surface area contributed by atoms with Crippen LogP contribution in [0.25, 0.3) is 22.3 Å². The van der Waals surface area contributed by atoms with E-state index in [1.54, 1.807) is 11.3 Å². The van der Waals surface area contributed by atoms with Crippen LogP contribution in [0.15, 0.2) is 41.1 Å². The maximum Gasteiger partial charge on any atom is 0.272 e. The van der Waals surface area contributed by atoms with E-state index in [1.807, 2.05) is 33.9 Å². The zero-order valence-electron chi connectivity index (χ0n) is 14.9. The molecule has 0 aliphatic carbocycles. The molecule has 0 unspecified atom stereocenters. The van der Waals surface area contributed by atoms with Gasteiger partial charge in [0.05, 0.1) is 22.8 Å². The molecule has 4 heterocycles. The molecule has 27 heavy (non-hydrogen) atoms. The lowest BCUT2D eigenvalue weighted by Gasteiger charge is -2.22. The molecule has 0 bridgehead atoms. The first-order valence-electron chi connectivity index (χ1n) is 9.04. The maximum atomic E-state index is 13.1. The number of thiophene rings is 1. The fourth-order valence-electron chi connectivity index (χ4n) is 3.74. The van der Waals surface area contributed by atoms with E-state index in [0.29, 0.717) is 5.69 Å². The summed E-state index contributed by atoms with van der Waals surface area (Å²) in [5, 5.41) is 11.2. The highest BCUT2D eigenvalue weighted by atomic mass is 32.1. The van der Waals surface area contributed by atoms with Gasteiger partial charge >= 0.3 is 0 Å². The van der Waals surface area contributed by atoms with Gasteiger partial charge in [-0.25, -0.2) is 4.98 Å². The summed E-state index contributed by atoms with van der Waals surface area (Å²) in [6.45, 7) is 2.79. The zero-order chi connectivity index (χ0) is 18.4. The smallest absolute Gasteiger partial charge is 0.272 e. The molecule has 3 aromatic heterocycles. The topological polar surface area (TPSA) is 77.7 Å². The van der Waals surface area contributed by atoms with Crippen molar-refractivity contribution >= 4 is 28.3 Å². The summed E-state index contributed by atoms with van der Waals surface area (Å²) in [6, 6.07) is 9.98. The van der Waals surface area contributed by atoms with Gasteiger partial charge < -0.3 is 9.88 Å². The third-order valence-corrected chi connectivity index (χ3v) is 5.79. The number of aryl methyl sites for hydroxylation is 1. The average Bonchev–Trinajstić information content (AvgIpc) is 3.46. The van der Waals surface area contributed by atoms with Crippen molar-refractivity contribution in [1.29, 1.82) is 0 Å². The summed E-state index contributed by atoms with van der Waals surface area (Å²) in [4.78, 5) is 23.1. The molecule has 1 saturated heterocycles. The fourth-order valence-corrected chi connectivity index (χ4v) is 4.39. The van der Waals surface area contributed by atoms with Crippen molar-refractivity contribution < 1.29 is 4.79 Å². The van der Waals surface area contributed by atoms with Crippen molar-refractivity contribution in [2.45, 2.75) is 25.8 Å². The summed E-state index contributed by atoms with van der Waals surface area (Å²) in [5.74, 6) is 0.835. The van der Waals surface area contributed by atoms with Gasteiger partial charge in [0.15, 0.2) is 0 Å². The lowest BCUT2D eigenvalue weighted by Crippen LogP contribution is -2.31. The number of imidazole rings is 1. The largest absolute Gasteiger partial charge is 0.340 e. The number of fused-ring (bicyclic) bond motifs is 1. The van der Waals surface area contributed by atoms with Crippen LogP contribution in [-0.4, -0.2) is 37.5 Å².